The quantitative estimate of drug-likeness (QED) is 0.345. The predicted octanol–water partition coefficient (Wildman–Crippen LogP) is 3.54. The summed E-state index contributed by atoms with van der Waals surface area (Å²) in [6.07, 6.45) is 8.75. The highest BCUT2D eigenvalue weighted by molar-refractivity contribution is 5.55. The molecule has 0 saturated heterocycles. The molecule has 1 aliphatic rings. The molecule has 1 aromatic carbocycles. The van der Waals surface area contributed by atoms with Gasteiger partial charge < -0.3 is 31.2 Å². The number of ether oxygens (including phenoxy) is 2. The zero-order valence-corrected chi connectivity index (χ0v) is 18.9. The molecule has 2 aromatic rings. The lowest BCUT2D eigenvalue weighted by Gasteiger charge is -2.21. The first-order valence-electron chi connectivity index (χ1n) is 11.8. The largest absolute Gasteiger partial charge is 0.378 e. The molecule has 32 heavy (non-hydrogen) atoms. The third-order valence-electron chi connectivity index (χ3n) is 5.27. The maximum Gasteiger partial charge on any atom is 0.233 e. The number of nitrogens with one attached hydrogen (secondary N) is 3. The second-order valence-corrected chi connectivity index (χ2v) is 7.92. The minimum atomic E-state index is 0.395. The number of hydrogen-bond donors (Lipinski definition) is 4. The zero-order valence-electron chi connectivity index (χ0n) is 18.9. The fourth-order valence-corrected chi connectivity index (χ4v) is 3.65. The molecule has 1 aromatic heterocycles. The lowest BCUT2D eigenvalue weighted by molar-refractivity contribution is 0.0547. The molecular formula is C23H37N7O2. The van der Waals surface area contributed by atoms with E-state index < -0.39 is 0 Å². The summed E-state index contributed by atoms with van der Waals surface area (Å²) in [5.74, 6) is 1.63. The van der Waals surface area contributed by atoms with Gasteiger partial charge in [-0.2, -0.15) is 15.0 Å². The first kappa shape index (κ1) is 24.2. The van der Waals surface area contributed by atoms with Crippen LogP contribution in [0.4, 0.5) is 23.5 Å². The van der Waals surface area contributed by atoms with Crippen molar-refractivity contribution in [2.45, 2.75) is 51.0 Å². The zero-order chi connectivity index (χ0) is 22.3. The van der Waals surface area contributed by atoms with Gasteiger partial charge in [0.05, 0.1) is 26.4 Å². The second kappa shape index (κ2) is 14.5. The monoisotopic (exact) mass is 443 g/mol. The standard InChI is InChI=1S/C23H37N7O2/c24-13-15-31-17-18-32-16-14-25-21-28-22(26-19-9-5-2-1-3-6-10-19)30-23(29-21)27-20-11-7-4-8-12-20/h4,7-8,11-12,19H,1-3,5-6,9-10,13-18,24H2,(H3,25,26,27,28,29,30). The van der Waals surface area contributed by atoms with E-state index in [-0.39, 0.29) is 0 Å². The number of aromatic nitrogens is 3. The molecule has 9 heteroatoms. The molecule has 0 spiro atoms. The van der Waals surface area contributed by atoms with Crippen molar-refractivity contribution in [1.29, 1.82) is 0 Å². The molecule has 0 bridgehead atoms. The van der Waals surface area contributed by atoms with Crippen LogP contribution in [-0.2, 0) is 9.47 Å². The first-order chi connectivity index (χ1) is 15.8. The van der Waals surface area contributed by atoms with Crippen molar-refractivity contribution < 1.29 is 9.47 Å². The second-order valence-electron chi connectivity index (χ2n) is 7.92. The number of benzene rings is 1. The van der Waals surface area contributed by atoms with Gasteiger partial charge in [-0.05, 0) is 25.0 Å². The van der Waals surface area contributed by atoms with Gasteiger partial charge in [0.1, 0.15) is 0 Å². The Bertz CT molecular complexity index is 755. The molecule has 0 atom stereocenters. The highest BCUT2D eigenvalue weighted by atomic mass is 16.5. The third-order valence-corrected chi connectivity index (χ3v) is 5.27. The summed E-state index contributed by atoms with van der Waals surface area (Å²) in [7, 11) is 0. The van der Waals surface area contributed by atoms with Crippen molar-refractivity contribution >= 4 is 23.5 Å². The Balaban J connectivity index is 1.58. The van der Waals surface area contributed by atoms with Gasteiger partial charge >= 0.3 is 0 Å². The summed E-state index contributed by atoms with van der Waals surface area (Å²) >= 11 is 0. The SMILES string of the molecule is NCCOCCOCCNc1nc(Nc2ccccc2)nc(NC2CCCCCCC2)n1. The van der Waals surface area contributed by atoms with Gasteiger partial charge in [-0.15, -0.1) is 0 Å². The molecule has 0 amide bonds. The van der Waals surface area contributed by atoms with Gasteiger partial charge in [0.25, 0.3) is 0 Å². The molecule has 1 heterocycles. The van der Waals surface area contributed by atoms with E-state index in [9.17, 15) is 0 Å². The summed E-state index contributed by atoms with van der Waals surface area (Å²) in [5.41, 5.74) is 6.33. The molecule has 1 saturated carbocycles. The van der Waals surface area contributed by atoms with Crippen molar-refractivity contribution in [3.8, 4) is 0 Å². The number of nitrogens with two attached hydrogens (primary N) is 1. The van der Waals surface area contributed by atoms with Gasteiger partial charge in [0.2, 0.25) is 17.8 Å². The van der Waals surface area contributed by atoms with Crippen LogP contribution in [0, 0.1) is 0 Å². The van der Waals surface area contributed by atoms with Crippen molar-refractivity contribution in [1.82, 2.24) is 15.0 Å². The molecule has 3 rings (SSSR count). The number of anilines is 4. The van der Waals surface area contributed by atoms with Crippen LogP contribution in [0.1, 0.15) is 44.9 Å². The van der Waals surface area contributed by atoms with Crippen LogP contribution in [-0.4, -0.2) is 60.5 Å². The summed E-state index contributed by atoms with van der Waals surface area (Å²) in [6, 6.07) is 10.3. The van der Waals surface area contributed by atoms with Gasteiger partial charge in [0, 0.05) is 24.8 Å². The minimum Gasteiger partial charge on any atom is -0.378 e. The van der Waals surface area contributed by atoms with Crippen molar-refractivity contribution in [3.63, 3.8) is 0 Å². The third kappa shape index (κ3) is 9.33. The molecule has 0 aliphatic heterocycles. The summed E-state index contributed by atoms with van der Waals surface area (Å²) < 4.78 is 10.9. The van der Waals surface area contributed by atoms with Crippen molar-refractivity contribution in [2.24, 2.45) is 5.73 Å². The van der Waals surface area contributed by atoms with Crippen LogP contribution < -0.4 is 21.7 Å². The highest BCUT2D eigenvalue weighted by Crippen LogP contribution is 2.21. The summed E-state index contributed by atoms with van der Waals surface area (Å²) in [6.45, 7) is 3.29. The van der Waals surface area contributed by atoms with E-state index in [2.05, 4.69) is 30.9 Å². The van der Waals surface area contributed by atoms with Crippen molar-refractivity contribution in [3.05, 3.63) is 30.3 Å². The smallest absolute Gasteiger partial charge is 0.233 e. The minimum absolute atomic E-state index is 0.395. The maximum atomic E-state index is 5.57. The Kier molecular flexibility index (Phi) is 11.0. The maximum absolute atomic E-state index is 5.57. The normalized spacial score (nSPS) is 15.0. The van der Waals surface area contributed by atoms with E-state index >= 15 is 0 Å². The van der Waals surface area contributed by atoms with Crippen LogP contribution in [0.5, 0.6) is 0 Å². The van der Waals surface area contributed by atoms with E-state index in [4.69, 9.17) is 15.2 Å². The molecule has 0 unspecified atom stereocenters. The first-order valence-corrected chi connectivity index (χ1v) is 11.8. The Labute approximate surface area is 190 Å². The van der Waals surface area contributed by atoms with Crippen LogP contribution in [0.15, 0.2) is 30.3 Å². The van der Waals surface area contributed by atoms with Gasteiger partial charge in [-0.25, -0.2) is 0 Å². The number of hydrogen-bond acceptors (Lipinski definition) is 9. The molecular weight excluding hydrogens is 406 g/mol. The molecule has 176 valence electrons. The van der Waals surface area contributed by atoms with Gasteiger partial charge in [0.15, 0.2) is 0 Å². The Morgan fingerprint density at radius 3 is 2.19 bits per heavy atom. The fourth-order valence-electron chi connectivity index (χ4n) is 3.65. The van der Waals surface area contributed by atoms with E-state index in [1.54, 1.807) is 0 Å². The van der Waals surface area contributed by atoms with Crippen LogP contribution in [0.2, 0.25) is 0 Å². The summed E-state index contributed by atoms with van der Waals surface area (Å²) in [5, 5.41) is 10.1. The average Bonchev–Trinajstić information content (AvgIpc) is 2.78. The van der Waals surface area contributed by atoms with Crippen molar-refractivity contribution in [2.75, 3.05) is 55.5 Å². The van der Waals surface area contributed by atoms with E-state index in [1.165, 1.54) is 32.1 Å². The Morgan fingerprint density at radius 2 is 1.44 bits per heavy atom. The molecule has 0 radical (unpaired) electrons. The lowest BCUT2D eigenvalue weighted by Crippen LogP contribution is -2.23. The highest BCUT2D eigenvalue weighted by Gasteiger charge is 2.14. The molecule has 5 N–H and O–H groups in total. The average molecular weight is 444 g/mol. The van der Waals surface area contributed by atoms with Gasteiger partial charge in [-0.1, -0.05) is 50.3 Å². The number of nitrogens with zero attached hydrogens (tertiary/aromatic N) is 3. The van der Waals surface area contributed by atoms with Crippen LogP contribution >= 0.6 is 0 Å². The Hall–Kier alpha value is -2.49. The molecule has 1 aliphatic carbocycles. The predicted molar refractivity (Wildman–Crippen MR) is 128 cm³/mol. The molecule has 1 fully saturated rings. The lowest BCUT2D eigenvalue weighted by atomic mass is 9.97. The van der Waals surface area contributed by atoms with Crippen LogP contribution in [0.3, 0.4) is 0 Å². The van der Waals surface area contributed by atoms with E-state index in [1.807, 2.05) is 30.3 Å². The summed E-state index contributed by atoms with van der Waals surface area (Å²) in [4.78, 5) is 13.8. The molecule has 9 nitrogen and oxygen atoms in total. The Morgan fingerprint density at radius 1 is 0.781 bits per heavy atom. The topological polar surface area (TPSA) is 119 Å². The van der Waals surface area contributed by atoms with E-state index in [0.717, 1.165) is 18.5 Å². The number of para-hydroxylation sites is 1. The van der Waals surface area contributed by atoms with E-state index in [0.29, 0.717) is 63.4 Å². The van der Waals surface area contributed by atoms with Gasteiger partial charge in [-0.3, -0.25) is 0 Å². The fraction of sp³-hybridized carbons (Fsp3) is 0.609. The van der Waals surface area contributed by atoms with Crippen LogP contribution in [0.25, 0.3) is 0 Å². The number of rotatable bonds is 13.